The van der Waals surface area contributed by atoms with Crippen molar-refractivity contribution in [1.29, 1.82) is 0 Å². The van der Waals surface area contributed by atoms with Crippen molar-refractivity contribution in [2.24, 2.45) is 0 Å². The van der Waals surface area contributed by atoms with E-state index in [0.717, 1.165) is 0 Å². The molecule has 1 fully saturated rings. The van der Waals surface area contributed by atoms with Crippen LogP contribution >= 0.6 is 0 Å². The van der Waals surface area contributed by atoms with Crippen molar-refractivity contribution in [1.82, 2.24) is 9.62 Å². The lowest BCUT2D eigenvalue weighted by atomic mass is 10.2. The Kier molecular flexibility index (Phi) is 4.77. The maximum Gasteiger partial charge on any atom is 0.243 e. The molecular formula is C16H20N2O5S. The Morgan fingerprint density at radius 1 is 1.33 bits per heavy atom. The van der Waals surface area contributed by atoms with Crippen LogP contribution in [0.5, 0.6) is 11.5 Å². The Morgan fingerprint density at radius 2 is 2.08 bits per heavy atom. The fourth-order valence-corrected chi connectivity index (χ4v) is 4.57. The van der Waals surface area contributed by atoms with E-state index in [0.29, 0.717) is 50.6 Å². The van der Waals surface area contributed by atoms with Crippen molar-refractivity contribution in [2.45, 2.75) is 23.8 Å². The van der Waals surface area contributed by atoms with E-state index in [1.807, 2.05) is 0 Å². The largest absolute Gasteiger partial charge is 0.486 e. The molecule has 2 heterocycles. The Labute approximate surface area is 141 Å². The molecule has 0 aromatic heterocycles. The van der Waals surface area contributed by atoms with Crippen LogP contribution in [0, 0.1) is 0 Å². The molecule has 130 valence electrons. The van der Waals surface area contributed by atoms with Crippen LogP contribution in [-0.4, -0.2) is 51.0 Å². The molecule has 24 heavy (non-hydrogen) atoms. The predicted octanol–water partition coefficient (Wildman–Crippen LogP) is 0.913. The minimum Gasteiger partial charge on any atom is -0.486 e. The molecule has 7 nitrogen and oxygen atoms in total. The summed E-state index contributed by atoms with van der Waals surface area (Å²) in [7, 11) is -3.78. The fourth-order valence-electron chi connectivity index (χ4n) is 2.90. The van der Waals surface area contributed by atoms with Gasteiger partial charge in [0.2, 0.25) is 15.9 Å². The van der Waals surface area contributed by atoms with Crippen molar-refractivity contribution in [3.05, 3.63) is 30.9 Å². The van der Waals surface area contributed by atoms with E-state index in [4.69, 9.17) is 9.47 Å². The summed E-state index contributed by atoms with van der Waals surface area (Å²) in [6.07, 6.45) is 2.72. The SMILES string of the molecule is C=CCNC(=O)[C@H]1CCCN1S(=O)(=O)c1ccc2c(c1)OCCO2. The Bertz CT molecular complexity index is 747. The third-order valence-electron chi connectivity index (χ3n) is 4.05. The van der Waals surface area contributed by atoms with E-state index in [1.165, 1.54) is 16.4 Å². The van der Waals surface area contributed by atoms with Crippen LogP contribution < -0.4 is 14.8 Å². The van der Waals surface area contributed by atoms with E-state index in [9.17, 15) is 13.2 Å². The Hall–Kier alpha value is -2.06. The summed E-state index contributed by atoms with van der Waals surface area (Å²) in [5, 5.41) is 2.67. The van der Waals surface area contributed by atoms with E-state index < -0.39 is 16.1 Å². The molecule has 2 aliphatic heterocycles. The van der Waals surface area contributed by atoms with Gasteiger partial charge in [-0.05, 0) is 25.0 Å². The van der Waals surface area contributed by atoms with Gasteiger partial charge in [0.25, 0.3) is 0 Å². The average Bonchev–Trinajstić information content (AvgIpc) is 3.10. The smallest absolute Gasteiger partial charge is 0.243 e. The number of hydrogen-bond acceptors (Lipinski definition) is 5. The van der Waals surface area contributed by atoms with Gasteiger partial charge >= 0.3 is 0 Å². The molecule has 1 aromatic carbocycles. The quantitative estimate of drug-likeness (QED) is 0.797. The highest BCUT2D eigenvalue weighted by Crippen LogP contribution is 2.34. The molecule has 0 spiro atoms. The van der Waals surface area contributed by atoms with Gasteiger partial charge in [-0.2, -0.15) is 4.31 Å². The van der Waals surface area contributed by atoms with Crippen molar-refractivity contribution in [3.63, 3.8) is 0 Å². The molecule has 0 unspecified atom stereocenters. The molecule has 0 saturated carbocycles. The van der Waals surface area contributed by atoms with Crippen molar-refractivity contribution < 1.29 is 22.7 Å². The van der Waals surface area contributed by atoms with Crippen LogP contribution in [0.2, 0.25) is 0 Å². The van der Waals surface area contributed by atoms with Gasteiger partial charge in [-0.25, -0.2) is 8.42 Å². The van der Waals surface area contributed by atoms with Gasteiger partial charge in [-0.3, -0.25) is 4.79 Å². The summed E-state index contributed by atoms with van der Waals surface area (Å²) in [5.41, 5.74) is 0. The lowest BCUT2D eigenvalue weighted by Gasteiger charge is -2.24. The summed E-state index contributed by atoms with van der Waals surface area (Å²) in [6, 6.07) is 3.84. The number of fused-ring (bicyclic) bond motifs is 1. The van der Waals surface area contributed by atoms with Crippen LogP contribution in [0.4, 0.5) is 0 Å². The molecule has 1 saturated heterocycles. The van der Waals surface area contributed by atoms with Crippen molar-refractivity contribution >= 4 is 15.9 Å². The summed E-state index contributed by atoms with van der Waals surface area (Å²) in [5.74, 6) is 0.643. The number of nitrogens with one attached hydrogen (secondary N) is 1. The normalized spacial score (nSPS) is 20.6. The second-order valence-corrected chi connectivity index (χ2v) is 7.50. The molecule has 1 atom stereocenters. The van der Waals surface area contributed by atoms with E-state index in [-0.39, 0.29) is 10.8 Å². The number of benzene rings is 1. The second kappa shape index (κ2) is 6.82. The standard InChI is InChI=1S/C16H20N2O5S/c1-2-7-17-16(19)13-4-3-8-18(13)24(20,21)12-5-6-14-15(11-12)23-10-9-22-14/h2,5-6,11,13H,1,3-4,7-10H2,(H,17,19)/t13-/m1/s1. The molecule has 1 N–H and O–H groups in total. The molecule has 0 radical (unpaired) electrons. The first kappa shape index (κ1) is 16.8. The van der Waals surface area contributed by atoms with Crippen LogP contribution in [0.15, 0.2) is 35.7 Å². The van der Waals surface area contributed by atoms with Crippen LogP contribution in [0.25, 0.3) is 0 Å². The zero-order chi connectivity index (χ0) is 17.2. The highest BCUT2D eigenvalue weighted by atomic mass is 32.2. The first-order chi connectivity index (χ1) is 11.5. The monoisotopic (exact) mass is 352 g/mol. The fraction of sp³-hybridized carbons (Fsp3) is 0.438. The summed E-state index contributed by atoms with van der Waals surface area (Å²) in [6.45, 7) is 5.00. The van der Waals surface area contributed by atoms with Crippen LogP contribution in [0.3, 0.4) is 0 Å². The first-order valence-corrected chi connectivity index (χ1v) is 9.28. The molecule has 1 aromatic rings. The van der Waals surface area contributed by atoms with Crippen LogP contribution in [-0.2, 0) is 14.8 Å². The number of nitrogens with zero attached hydrogens (tertiary/aromatic N) is 1. The first-order valence-electron chi connectivity index (χ1n) is 7.84. The van der Waals surface area contributed by atoms with Gasteiger partial charge in [-0.15, -0.1) is 6.58 Å². The van der Waals surface area contributed by atoms with Crippen molar-refractivity contribution in [2.75, 3.05) is 26.3 Å². The van der Waals surface area contributed by atoms with Gasteiger partial charge in [0.1, 0.15) is 19.3 Å². The number of sulfonamides is 1. The highest BCUT2D eigenvalue weighted by Gasteiger charge is 2.39. The summed E-state index contributed by atoms with van der Waals surface area (Å²) < 4.78 is 38.0. The minimum absolute atomic E-state index is 0.107. The highest BCUT2D eigenvalue weighted by molar-refractivity contribution is 7.89. The third kappa shape index (κ3) is 3.11. The maximum atomic E-state index is 12.9. The van der Waals surface area contributed by atoms with Gasteiger partial charge < -0.3 is 14.8 Å². The predicted molar refractivity (Wildman–Crippen MR) is 87.6 cm³/mol. The average molecular weight is 352 g/mol. The topological polar surface area (TPSA) is 84.9 Å². The molecular weight excluding hydrogens is 332 g/mol. The molecule has 8 heteroatoms. The van der Waals surface area contributed by atoms with Gasteiger partial charge in [0.05, 0.1) is 4.90 Å². The number of hydrogen-bond donors (Lipinski definition) is 1. The van der Waals surface area contributed by atoms with Gasteiger partial charge in [0.15, 0.2) is 11.5 Å². The summed E-state index contributed by atoms with van der Waals surface area (Å²) >= 11 is 0. The molecule has 0 aliphatic carbocycles. The molecule has 3 rings (SSSR count). The molecule has 2 aliphatic rings. The van der Waals surface area contributed by atoms with Crippen LogP contribution in [0.1, 0.15) is 12.8 Å². The molecule has 1 amide bonds. The lowest BCUT2D eigenvalue weighted by Crippen LogP contribution is -2.45. The zero-order valence-corrected chi connectivity index (χ0v) is 14.0. The maximum absolute atomic E-state index is 12.9. The van der Waals surface area contributed by atoms with Gasteiger partial charge in [0, 0.05) is 19.2 Å². The minimum atomic E-state index is -3.78. The lowest BCUT2D eigenvalue weighted by molar-refractivity contribution is -0.123. The number of amides is 1. The van der Waals surface area contributed by atoms with E-state index in [2.05, 4.69) is 11.9 Å². The molecule has 0 bridgehead atoms. The number of carbonyl (C=O) groups is 1. The third-order valence-corrected chi connectivity index (χ3v) is 5.95. The van der Waals surface area contributed by atoms with E-state index in [1.54, 1.807) is 12.1 Å². The summed E-state index contributed by atoms with van der Waals surface area (Å²) in [4.78, 5) is 12.3. The Balaban J connectivity index is 1.86. The second-order valence-electron chi connectivity index (χ2n) is 5.61. The van der Waals surface area contributed by atoms with E-state index >= 15 is 0 Å². The number of ether oxygens (including phenoxy) is 2. The van der Waals surface area contributed by atoms with Crippen molar-refractivity contribution in [3.8, 4) is 11.5 Å². The number of rotatable bonds is 5. The zero-order valence-electron chi connectivity index (χ0n) is 13.2. The Morgan fingerprint density at radius 3 is 2.83 bits per heavy atom. The number of carbonyl (C=O) groups excluding carboxylic acids is 1. The van der Waals surface area contributed by atoms with Gasteiger partial charge in [-0.1, -0.05) is 6.08 Å².